The molecule has 0 amide bonds. The normalized spacial score (nSPS) is 13.3. The maximum Gasteiger partial charge on any atom is 0.0460 e. The highest BCUT2D eigenvalue weighted by Gasteiger charge is 2.24. The van der Waals surface area contributed by atoms with Crippen molar-refractivity contribution >= 4 is 0 Å². The highest BCUT2D eigenvalue weighted by molar-refractivity contribution is 5.25. The van der Waals surface area contributed by atoms with E-state index in [0.29, 0.717) is 0 Å². The highest BCUT2D eigenvalue weighted by atomic mass is 14.7. The number of hydrogen-bond acceptors (Lipinski definition) is 2. The van der Waals surface area contributed by atoms with Crippen LogP contribution in [0.4, 0.5) is 0 Å². The lowest BCUT2D eigenvalue weighted by Gasteiger charge is -2.18. The number of aryl methyl sites for hydroxylation is 4. The topological polar surface area (TPSA) is 25.8 Å². The molecule has 0 spiro atoms. The SMILES string of the molecule is CC.Cc1ccc(C(C)(C)C)nc1C.Cc1ccc(C2CC2)nc1C. The molecule has 1 aliphatic carbocycles. The quantitative estimate of drug-likeness (QED) is 0.584. The Bertz CT molecular complexity index is 677. The van der Waals surface area contributed by atoms with Crippen LogP contribution in [-0.2, 0) is 5.41 Å². The zero-order valence-electron chi connectivity index (χ0n) is 17.7. The number of aromatic nitrogens is 2. The van der Waals surface area contributed by atoms with E-state index >= 15 is 0 Å². The smallest absolute Gasteiger partial charge is 0.0460 e. The van der Waals surface area contributed by atoms with Gasteiger partial charge in [-0.3, -0.25) is 9.97 Å². The maximum absolute atomic E-state index is 4.54. The number of hydrogen-bond donors (Lipinski definition) is 0. The molecule has 0 unspecified atom stereocenters. The lowest BCUT2D eigenvalue weighted by atomic mass is 9.91. The summed E-state index contributed by atoms with van der Waals surface area (Å²) in [5.41, 5.74) is 7.53. The fourth-order valence-electron chi connectivity index (χ4n) is 2.30. The lowest BCUT2D eigenvalue weighted by molar-refractivity contribution is 0.566. The summed E-state index contributed by atoms with van der Waals surface area (Å²) < 4.78 is 0. The minimum atomic E-state index is 0.165. The van der Waals surface area contributed by atoms with E-state index < -0.39 is 0 Å². The minimum absolute atomic E-state index is 0.165. The molecule has 0 N–H and O–H groups in total. The molecule has 3 rings (SSSR count). The molecular weight excluding hydrogens is 304 g/mol. The largest absolute Gasteiger partial charge is 0.258 e. The summed E-state index contributed by atoms with van der Waals surface area (Å²) in [5, 5.41) is 0. The van der Waals surface area contributed by atoms with Gasteiger partial charge in [0, 0.05) is 34.1 Å². The average Bonchev–Trinajstić information content (AvgIpc) is 3.39. The first-order valence-electron chi connectivity index (χ1n) is 9.57. The van der Waals surface area contributed by atoms with Crippen LogP contribution in [0.1, 0.15) is 87.3 Å². The van der Waals surface area contributed by atoms with E-state index in [4.69, 9.17) is 0 Å². The van der Waals surface area contributed by atoms with Gasteiger partial charge in [-0.1, -0.05) is 46.8 Å². The minimum Gasteiger partial charge on any atom is -0.258 e. The van der Waals surface area contributed by atoms with Crippen LogP contribution >= 0.6 is 0 Å². The van der Waals surface area contributed by atoms with Gasteiger partial charge in [0.1, 0.15) is 0 Å². The second-order valence-electron chi connectivity index (χ2n) is 7.76. The second-order valence-corrected chi connectivity index (χ2v) is 7.76. The Labute approximate surface area is 155 Å². The molecule has 1 aliphatic rings. The molecule has 0 aliphatic heterocycles. The van der Waals surface area contributed by atoms with Crippen molar-refractivity contribution in [3.8, 4) is 0 Å². The van der Waals surface area contributed by atoms with Gasteiger partial charge in [-0.15, -0.1) is 0 Å². The van der Waals surface area contributed by atoms with Gasteiger partial charge in [0.15, 0.2) is 0 Å². The summed E-state index contributed by atoms with van der Waals surface area (Å²) >= 11 is 0. The van der Waals surface area contributed by atoms with Crippen molar-refractivity contribution < 1.29 is 0 Å². The van der Waals surface area contributed by atoms with Crippen molar-refractivity contribution in [2.45, 2.75) is 86.5 Å². The van der Waals surface area contributed by atoms with E-state index in [-0.39, 0.29) is 5.41 Å². The summed E-state index contributed by atoms with van der Waals surface area (Å²) in [6, 6.07) is 8.60. The van der Waals surface area contributed by atoms with E-state index in [1.54, 1.807) is 0 Å². The van der Waals surface area contributed by atoms with Crippen molar-refractivity contribution in [1.82, 2.24) is 9.97 Å². The molecule has 2 nitrogen and oxygen atoms in total. The van der Waals surface area contributed by atoms with Crippen LogP contribution in [0.3, 0.4) is 0 Å². The third-order valence-electron chi connectivity index (χ3n) is 4.49. The van der Waals surface area contributed by atoms with E-state index in [2.05, 4.69) is 82.7 Å². The van der Waals surface area contributed by atoms with Crippen molar-refractivity contribution in [1.29, 1.82) is 0 Å². The first-order chi connectivity index (χ1) is 11.7. The lowest BCUT2D eigenvalue weighted by Crippen LogP contribution is -2.14. The van der Waals surface area contributed by atoms with Gasteiger partial charge in [0.25, 0.3) is 0 Å². The molecule has 0 atom stereocenters. The van der Waals surface area contributed by atoms with Crippen LogP contribution in [-0.4, -0.2) is 9.97 Å². The third kappa shape index (κ3) is 6.61. The fourth-order valence-corrected chi connectivity index (χ4v) is 2.30. The Kier molecular flexibility index (Phi) is 7.79. The van der Waals surface area contributed by atoms with Crippen molar-refractivity contribution in [2.75, 3.05) is 0 Å². The van der Waals surface area contributed by atoms with Crippen LogP contribution in [0.25, 0.3) is 0 Å². The molecule has 2 aromatic rings. The maximum atomic E-state index is 4.54. The Balaban J connectivity index is 0.000000228. The van der Waals surface area contributed by atoms with Gasteiger partial charge >= 0.3 is 0 Å². The first-order valence-corrected chi connectivity index (χ1v) is 9.57. The van der Waals surface area contributed by atoms with Gasteiger partial charge in [-0.25, -0.2) is 0 Å². The summed E-state index contributed by atoms with van der Waals surface area (Å²) in [5.74, 6) is 0.786. The molecule has 0 radical (unpaired) electrons. The second kappa shape index (κ2) is 9.12. The molecule has 0 aromatic carbocycles. The molecule has 0 bridgehead atoms. The van der Waals surface area contributed by atoms with Crippen molar-refractivity contribution in [2.24, 2.45) is 0 Å². The van der Waals surface area contributed by atoms with Gasteiger partial charge in [-0.2, -0.15) is 0 Å². The van der Waals surface area contributed by atoms with E-state index in [1.165, 1.54) is 41.1 Å². The zero-order valence-corrected chi connectivity index (χ0v) is 17.7. The fraction of sp³-hybridized carbons (Fsp3) is 0.565. The molecule has 2 heteroatoms. The Morgan fingerprint density at radius 1 is 0.760 bits per heavy atom. The zero-order chi connectivity index (χ0) is 19.2. The molecule has 2 heterocycles. The summed E-state index contributed by atoms with van der Waals surface area (Å²) in [7, 11) is 0. The van der Waals surface area contributed by atoms with Crippen LogP contribution in [0, 0.1) is 27.7 Å². The van der Waals surface area contributed by atoms with Crippen LogP contribution in [0.2, 0.25) is 0 Å². The van der Waals surface area contributed by atoms with E-state index in [1.807, 2.05) is 13.8 Å². The van der Waals surface area contributed by atoms with Gasteiger partial charge in [0.05, 0.1) is 0 Å². The predicted molar refractivity (Wildman–Crippen MR) is 109 cm³/mol. The van der Waals surface area contributed by atoms with Crippen molar-refractivity contribution in [3.05, 3.63) is 58.2 Å². The predicted octanol–water partition coefficient (Wildman–Crippen LogP) is 6.60. The van der Waals surface area contributed by atoms with E-state index in [0.717, 1.165) is 11.6 Å². The van der Waals surface area contributed by atoms with E-state index in [9.17, 15) is 0 Å². The monoisotopic (exact) mass is 340 g/mol. The van der Waals surface area contributed by atoms with Crippen LogP contribution < -0.4 is 0 Å². The Morgan fingerprint density at radius 2 is 1.24 bits per heavy atom. The molecule has 1 fully saturated rings. The van der Waals surface area contributed by atoms with Crippen molar-refractivity contribution in [3.63, 3.8) is 0 Å². The first kappa shape index (κ1) is 21.3. The summed E-state index contributed by atoms with van der Waals surface area (Å²) in [4.78, 5) is 9.08. The third-order valence-corrected chi connectivity index (χ3v) is 4.49. The molecule has 138 valence electrons. The highest BCUT2D eigenvalue weighted by Crippen LogP contribution is 2.39. The number of nitrogens with zero attached hydrogens (tertiary/aromatic N) is 2. The Morgan fingerprint density at radius 3 is 1.64 bits per heavy atom. The molecular formula is C23H36N2. The Hall–Kier alpha value is -1.70. The van der Waals surface area contributed by atoms with Gasteiger partial charge in [-0.05, 0) is 63.8 Å². The van der Waals surface area contributed by atoms with Crippen LogP contribution in [0.5, 0.6) is 0 Å². The summed E-state index contributed by atoms with van der Waals surface area (Å²) in [6.07, 6.45) is 2.69. The molecule has 1 saturated carbocycles. The van der Waals surface area contributed by atoms with Crippen LogP contribution in [0.15, 0.2) is 24.3 Å². The van der Waals surface area contributed by atoms with Gasteiger partial charge in [0.2, 0.25) is 0 Å². The van der Waals surface area contributed by atoms with Gasteiger partial charge < -0.3 is 0 Å². The number of rotatable bonds is 1. The molecule has 2 aromatic heterocycles. The number of pyridine rings is 2. The standard InChI is InChI=1S/C11H17N.C10H13N.C2H6/c1-8-6-7-10(11(3,4)5)12-9(8)2;1-7-3-6-10(9-4-5-9)11-8(7)2;1-2/h6-7H,1-5H3;3,6,9H,4-5H2,1-2H3;1-2H3. The molecule has 25 heavy (non-hydrogen) atoms. The average molecular weight is 341 g/mol. The summed E-state index contributed by atoms with van der Waals surface area (Å²) in [6.45, 7) is 18.9. The molecule has 0 saturated heterocycles.